The van der Waals surface area contributed by atoms with Crippen molar-refractivity contribution in [3.05, 3.63) is 0 Å². The zero-order valence-corrected chi connectivity index (χ0v) is 6.94. The van der Waals surface area contributed by atoms with Gasteiger partial charge in [0.25, 0.3) is 0 Å². The van der Waals surface area contributed by atoms with Crippen molar-refractivity contribution in [1.29, 1.82) is 0 Å². The molecule has 38 valence electrons. The molecule has 0 bridgehead atoms. The van der Waals surface area contributed by atoms with Crippen molar-refractivity contribution in [3.63, 3.8) is 0 Å². The van der Waals surface area contributed by atoms with E-state index in [0.29, 0.717) is 0 Å². The van der Waals surface area contributed by atoms with Crippen LogP contribution in [0.2, 0.25) is 0 Å². The Bertz CT molecular complexity index is 23.0. The molecule has 0 aromatic carbocycles. The topological polar surface area (TPSA) is 92.2 Å². The molecule has 0 radical (unpaired) electrons. The smallest absolute Gasteiger partial charge is 0 e. The molecule has 0 N–H and O–H groups in total. The Morgan fingerprint density at radius 2 is 0.833 bits per heavy atom. The molecule has 0 unspecified atom stereocenters. The average Bonchev–Trinajstić information content (AvgIpc) is 0.722. The summed E-state index contributed by atoms with van der Waals surface area (Å²) in [5, 5.41) is 0. The Morgan fingerprint density at radius 3 is 0.833 bits per heavy atom. The zero-order valence-electron chi connectivity index (χ0n) is 2.54. The number of rotatable bonds is 0. The minimum atomic E-state index is -5.61. The standard InChI is InChI=1S/O4Si.Pu/c1-5(2,3)4;/q-4;. The zero-order chi connectivity index (χ0) is 4.50. The van der Waals surface area contributed by atoms with Crippen LogP contribution in [0, 0.1) is 29.2 Å². The molecule has 0 fully saturated rings. The molecule has 0 saturated heterocycles. The van der Waals surface area contributed by atoms with Crippen molar-refractivity contribution in [1.82, 2.24) is 0 Å². The summed E-state index contributed by atoms with van der Waals surface area (Å²) in [6, 6.07) is 0. The Labute approximate surface area is 57.5 Å². The van der Waals surface area contributed by atoms with Gasteiger partial charge in [-0.2, -0.15) is 0 Å². The van der Waals surface area contributed by atoms with Gasteiger partial charge in [0.1, 0.15) is 0 Å². The summed E-state index contributed by atoms with van der Waals surface area (Å²) >= 11 is 0. The van der Waals surface area contributed by atoms with Crippen molar-refractivity contribution >= 4 is 9.05 Å². The van der Waals surface area contributed by atoms with E-state index in [9.17, 15) is 0 Å². The third-order valence-corrected chi connectivity index (χ3v) is 0. The van der Waals surface area contributed by atoms with Gasteiger partial charge in [0.05, 0.1) is 0 Å². The van der Waals surface area contributed by atoms with Gasteiger partial charge >= 0.3 is 0 Å². The monoisotopic (exact) mass is 330 g/mol. The van der Waals surface area contributed by atoms with Crippen molar-refractivity contribution < 1.29 is 48.4 Å². The summed E-state index contributed by atoms with van der Waals surface area (Å²) in [5.41, 5.74) is 0. The van der Waals surface area contributed by atoms with Gasteiger partial charge in [0.15, 0.2) is 0 Å². The Morgan fingerprint density at radius 1 is 0.833 bits per heavy atom. The minimum absolute atomic E-state index is 0. The van der Waals surface area contributed by atoms with Crippen molar-refractivity contribution in [2.75, 3.05) is 0 Å². The van der Waals surface area contributed by atoms with Crippen LogP contribution in [0.3, 0.4) is 0 Å². The maximum atomic E-state index is 8.58. The van der Waals surface area contributed by atoms with E-state index in [-0.39, 0.29) is 29.2 Å². The molecule has 0 amide bonds. The molecule has 0 saturated carbocycles. The Balaban J connectivity index is 0. The van der Waals surface area contributed by atoms with Crippen LogP contribution in [-0.2, 0) is 0 Å². The van der Waals surface area contributed by atoms with Gasteiger partial charge in [0, 0.05) is 29.2 Å². The van der Waals surface area contributed by atoms with Crippen LogP contribution >= 0.6 is 0 Å². The molecule has 0 aliphatic heterocycles. The summed E-state index contributed by atoms with van der Waals surface area (Å²) in [4.78, 5) is 34.3. The van der Waals surface area contributed by atoms with Gasteiger partial charge in [0.2, 0.25) is 0 Å². The molecular weight excluding hydrogens is 336 g/mol. The molecule has 0 atom stereocenters. The van der Waals surface area contributed by atoms with E-state index < -0.39 is 9.05 Å². The largest absolute Gasteiger partial charge is 0.894 e. The fraction of sp³-hybridized carbons (Fsp3) is 0. The molecule has 0 aliphatic rings. The molecule has 0 aromatic rings. The molecule has 4 nitrogen and oxygen atoms in total. The second kappa shape index (κ2) is 3.10. The van der Waals surface area contributed by atoms with Gasteiger partial charge in [-0.15, -0.1) is 0 Å². The van der Waals surface area contributed by atoms with Crippen LogP contribution in [-0.4, -0.2) is 9.05 Å². The summed E-state index contributed by atoms with van der Waals surface area (Å²) in [5.74, 6) is 0. The first-order chi connectivity index (χ1) is 2.00. The van der Waals surface area contributed by atoms with E-state index in [4.69, 9.17) is 19.2 Å². The maximum Gasteiger partial charge on any atom is 0 e. The van der Waals surface area contributed by atoms with E-state index in [1.165, 1.54) is 0 Å². The van der Waals surface area contributed by atoms with Crippen molar-refractivity contribution in [2.45, 2.75) is 0 Å². The number of hydrogen-bond acceptors (Lipinski definition) is 4. The molecule has 6 heavy (non-hydrogen) atoms. The van der Waals surface area contributed by atoms with Crippen LogP contribution in [0.25, 0.3) is 0 Å². The van der Waals surface area contributed by atoms with Crippen LogP contribution in [0.5, 0.6) is 0 Å². The van der Waals surface area contributed by atoms with Gasteiger partial charge in [-0.3, -0.25) is 0 Å². The van der Waals surface area contributed by atoms with Crippen LogP contribution in [0.1, 0.15) is 0 Å². The third kappa shape index (κ3) is 75.7. The van der Waals surface area contributed by atoms with E-state index in [0.717, 1.165) is 0 Å². The first-order valence-electron chi connectivity index (χ1n) is 0.816. The van der Waals surface area contributed by atoms with E-state index in [1.54, 1.807) is 0 Å². The molecule has 6 heteroatoms. The van der Waals surface area contributed by atoms with Crippen LogP contribution < -0.4 is 19.2 Å². The maximum absolute atomic E-state index is 8.58. The first kappa shape index (κ1) is 10.1. The van der Waals surface area contributed by atoms with Gasteiger partial charge in [-0.05, 0) is 0 Å². The van der Waals surface area contributed by atoms with Gasteiger partial charge in [-0.25, -0.2) is 0 Å². The van der Waals surface area contributed by atoms with Crippen molar-refractivity contribution in [3.8, 4) is 0 Å². The Hall–Kier alpha value is 1.04. The fourth-order valence-electron chi connectivity index (χ4n) is 0. The van der Waals surface area contributed by atoms with Gasteiger partial charge < -0.3 is 28.2 Å². The molecule has 0 rings (SSSR count). The summed E-state index contributed by atoms with van der Waals surface area (Å²) in [7, 11) is -5.61. The summed E-state index contributed by atoms with van der Waals surface area (Å²) < 4.78 is 0. The predicted octanol–water partition coefficient (Wildman–Crippen LogP) is -5.14. The summed E-state index contributed by atoms with van der Waals surface area (Å²) in [6.45, 7) is 0. The predicted molar refractivity (Wildman–Crippen MR) is 5.75 cm³/mol. The first-order valence-corrected chi connectivity index (χ1v) is 2.45. The normalized spacial score (nSPS) is 10.0. The average molecular weight is 336 g/mol. The van der Waals surface area contributed by atoms with E-state index in [1.807, 2.05) is 0 Å². The Kier molecular flexibility index (Phi) is 5.22. The fourth-order valence-corrected chi connectivity index (χ4v) is 0. The molecule has 0 aromatic heterocycles. The van der Waals surface area contributed by atoms with Crippen LogP contribution in [0.4, 0.5) is 0 Å². The summed E-state index contributed by atoms with van der Waals surface area (Å²) in [6.07, 6.45) is 0. The van der Waals surface area contributed by atoms with Crippen LogP contribution in [0.15, 0.2) is 0 Å². The SMILES string of the molecule is [O-][Si]([O-])([O-])[O-].[Pu]. The van der Waals surface area contributed by atoms with Gasteiger partial charge in [-0.1, -0.05) is 0 Å². The third-order valence-electron chi connectivity index (χ3n) is 0. The van der Waals surface area contributed by atoms with E-state index >= 15 is 0 Å². The second-order valence-corrected chi connectivity index (χ2v) is 1.50. The second-order valence-electron chi connectivity index (χ2n) is 0.500. The molecule has 0 spiro atoms. The minimum Gasteiger partial charge on any atom is -0.894 e. The van der Waals surface area contributed by atoms with Crippen molar-refractivity contribution in [2.24, 2.45) is 0 Å². The molecule has 0 aliphatic carbocycles. The molecule has 0 heterocycles. The number of hydrogen-bond donors (Lipinski definition) is 0. The quantitative estimate of drug-likeness (QED) is 0.414. The van der Waals surface area contributed by atoms with E-state index in [2.05, 4.69) is 0 Å². The molecular formula is O4PuSi-4.